The topological polar surface area (TPSA) is 29.1 Å². The fourth-order valence-electron chi connectivity index (χ4n) is 1.12. The minimum atomic E-state index is -0.0365. The van der Waals surface area contributed by atoms with Crippen LogP contribution < -0.4 is 5.32 Å². The van der Waals surface area contributed by atoms with Gasteiger partial charge in [-0.3, -0.25) is 4.79 Å². The molecular weight excluding hydrogens is 301 g/mol. The summed E-state index contributed by atoms with van der Waals surface area (Å²) in [5.74, 6) is 2.50. The number of unbranched alkanes of at least 4 members (excludes halogenated alkanes) is 1. The van der Waals surface area contributed by atoms with Gasteiger partial charge in [-0.05, 0) is 47.2 Å². The second-order valence-electron chi connectivity index (χ2n) is 3.07. The van der Waals surface area contributed by atoms with Crippen molar-refractivity contribution >= 4 is 28.5 Å². The molecule has 1 amide bonds. The number of carbonyl (C=O) groups excluding carboxylic acids is 1. The van der Waals surface area contributed by atoms with E-state index in [0.29, 0.717) is 18.5 Å². The van der Waals surface area contributed by atoms with Crippen molar-refractivity contribution < 1.29 is 4.79 Å². The Morgan fingerprint density at radius 2 is 2.33 bits per heavy atom. The second kappa shape index (κ2) is 6.46. The average molecular weight is 313 g/mol. The highest BCUT2D eigenvalue weighted by Crippen LogP contribution is 2.07. The minimum Gasteiger partial charge on any atom is -0.352 e. The van der Waals surface area contributed by atoms with E-state index in [2.05, 4.69) is 33.8 Å². The smallest absolute Gasteiger partial charge is 0.251 e. The predicted octanol–water partition coefficient (Wildman–Crippen LogP) is 2.43. The van der Waals surface area contributed by atoms with Crippen molar-refractivity contribution in [3.8, 4) is 12.3 Å². The van der Waals surface area contributed by atoms with E-state index in [1.54, 1.807) is 6.07 Å². The molecule has 0 aliphatic rings. The van der Waals surface area contributed by atoms with E-state index in [1.165, 1.54) is 0 Å². The zero-order valence-electron chi connectivity index (χ0n) is 8.29. The lowest BCUT2D eigenvalue weighted by Gasteiger charge is -2.03. The van der Waals surface area contributed by atoms with Crippen LogP contribution in [0.4, 0.5) is 0 Å². The molecule has 1 aromatic rings. The van der Waals surface area contributed by atoms with Gasteiger partial charge in [0.05, 0.1) is 0 Å². The van der Waals surface area contributed by atoms with Crippen LogP contribution in [0.3, 0.4) is 0 Å². The fraction of sp³-hybridized carbons (Fsp3) is 0.250. The van der Waals surface area contributed by atoms with Gasteiger partial charge in [0.15, 0.2) is 0 Å². The van der Waals surface area contributed by atoms with E-state index >= 15 is 0 Å². The SMILES string of the molecule is C#CCCCNC(=O)c1cccc(I)c1. The molecule has 1 rings (SSSR count). The molecule has 0 saturated carbocycles. The largest absolute Gasteiger partial charge is 0.352 e. The number of nitrogens with one attached hydrogen (secondary N) is 1. The molecule has 0 saturated heterocycles. The number of benzene rings is 1. The van der Waals surface area contributed by atoms with Gasteiger partial charge < -0.3 is 5.32 Å². The van der Waals surface area contributed by atoms with Gasteiger partial charge in [0, 0.05) is 22.1 Å². The molecule has 0 unspecified atom stereocenters. The van der Waals surface area contributed by atoms with Crippen LogP contribution >= 0.6 is 22.6 Å². The van der Waals surface area contributed by atoms with Gasteiger partial charge in [-0.2, -0.15) is 0 Å². The van der Waals surface area contributed by atoms with Crippen molar-refractivity contribution in [2.45, 2.75) is 12.8 Å². The summed E-state index contributed by atoms with van der Waals surface area (Å²) in [6.07, 6.45) is 6.64. The Morgan fingerprint density at radius 3 is 3.00 bits per heavy atom. The van der Waals surface area contributed by atoms with Crippen molar-refractivity contribution in [3.63, 3.8) is 0 Å². The lowest BCUT2D eigenvalue weighted by molar-refractivity contribution is 0.0953. The van der Waals surface area contributed by atoms with Crippen LogP contribution in [-0.4, -0.2) is 12.5 Å². The highest BCUT2D eigenvalue weighted by atomic mass is 127. The molecule has 1 N–H and O–H groups in total. The first-order chi connectivity index (χ1) is 7.24. The van der Waals surface area contributed by atoms with E-state index in [0.717, 1.165) is 9.99 Å². The first kappa shape index (κ1) is 12.1. The highest BCUT2D eigenvalue weighted by molar-refractivity contribution is 14.1. The third kappa shape index (κ3) is 4.34. The van der Waals surface area contributed by atoms with E-state index < -0.39 is 0 Å². The quantitative estimate of drug-likeness (QED) is 0.516. The van der Waals surface area contributed by atoms with Crippen molar-refractivity contribution in [3.05, 3.63) is 33.4 Å². The molecule has 0 aliphatic carbocycles. The van der Waals surface area contributed by atoms with Crippen molar-refractivity contribution in [2.75, 3.05) is 6.54 Å². The molecule has 0 radical (unpaired) electrons. The zero-order valence-corrected chi connectivity index (χ0v) is 10.5. The maximum absolute atomic E-state index is 11.6. The minimum absolute atomic E-state index is 0.0365. The second-order valence-corrected chi connectivity index (χ2v) is 4.32. The summed E-state index contributed by atoms with van der Waals surface area (Å²) in [6.45, 7) is 0.633. The molecule has 3 heteroatoms. The number of amides is 1. The molecule has 1 aromatic carbocycles. The van der Waals surface area contributed by atoms with Gasteiger partial charge in [0.25, 0.3) is 5.91 Å². The summed E-state index contributed by atoms with van der Waals surface area (Å²) in [7, 11) is 0. The first-order valence-corrected chi connectivity index (χ1v) is 5.79. The standard InChI is InChI=1S/C12H12INO/c1-2-3-4-8-14-12(15)10-6-5-7-11(13)9-10/h1,5-7,9H,3-4,8H2,(H,14,15). The third-order valence-corrected chi connectivity index (χ3v) is 2.54. The van der Waals surface area contributed by atoms with E-state index in [4.69, 9.17) is 6.42 Å². The lowest BCUT2D eigenvalue weighted by Crippen LogP contribution is -2.24. The molecule has 15 heavy (non-hydrogen) atoms. The van der Waals surface area contributed by atoms with E-state index in [9.17, 15) is 4.79 Å². The highest BCUT2D eigenvalue weighted by Gasteiger charge is 2.03. The van der Waals surface area contributed by atoms with Gasteiger partial charge in [0.2, 0.25) is 0 Å². The van der Waals surface area contributed by atoms with Crippen LogP contribution in [0.2, 0.25) is 0 Å². The third-order valence-electron chi connectivity index (χ3n) is 1.87. The normalized spacial score (nSPS) is 9.33. The molecule has 0 spiro atoms. The summed E-state index contributed by atoms with van der Waals surface area (Å²) in [4.78, 5) is 11.6. The Bertz CT molecular complexity index is 381. The van der Waals surface area contributed by atoms with Gasteiger partial charge in [-0.25, -0.2) is 0 Å². The van der Waals surface area contributed by atoms with Crippen LogP contribution in [0.1, 0.15) is 23.2 Å². The Labute approximate surface area is 104 Å². The molecule has 78 valence electrons. The Balaban J connectivity index is 2.44. The van der Waals surface area contributed by atoms with Crippen molar-refractivity contribution in [2.24, 2.45) is 0 Å². The number of terminal acetylenes is 1. The predicted molar refractivity (Wildman–Crippen MR) is 69.6 cm³/mol. The monoisotopic (exact) mass is 313 g/mol. The maximum Gasteiger partial charge on any atom is 0.251 e. The molecule has 2 nitrogen and oxygen atoms in total. The van der Waals surface area contributed by atoms with Crippen molar-refractivity contribution in [1.82, 2.24) is 5.32 Å². The summed E-state index contributed by atoms with van der Waals surface area (Å²) in [5.41, 5.74) is 0.697. The average Bonchev–Trinajstić information content (AvgIpc) is 2.24. The van der Waals surface area contributed by atoms with E-state index in [1.807, 2.05) is 18.2 Å². The number of rotatable bonds is 4. The number of hydrogen-bond acceptors (Lipinski definition) is 1. The summed E-state index contributed by atoms with van der Waals surface area (Å²) in [5, 5.41) is 2.82. The summed E-state index contributed by atoms with van der Waals surface area (Å²) >= 11 is 2.18. The van der Waals surface area contributed by atoms with Gasteiger partial charge in [-0.15, -0.1) is 12.3 Å². The maximum atomic E-state index is 11.6. The Hall–Kier alpha value is -1.02. The van der Waals surface area contributed by atoms with E-state index in [-0.39, 0.29) is 5.91 Å². The first-order valence-electron chi connectivity index (χ1n) is 4.71. The van der Waals surface area contributed by atoms with Gasteiger partial charge >= 0.3 is 0 Å². The molecule has 0 aromatic heterocycles. The van der Waals surface area contributed by atoms with Crippen LogP contribution in [0.5, 0.6) is 0 Å². The fourth-order valence-corrected chi connectivity index (χ4v) is 1.67. The van der Waals surface area contributed by atoms with Gasteiger partial charge in [-0.1, -0.05) is 6.07 Å². The number of hydrogen-bond donors (Lipinski definition) is 1. The Morgan fingerprint density at radius 1 is 1.53 bits per heavy atom. The van der Waals surface area contributed by atoms with Crippen molar-refractivity contribution in [1.29, 1.82) is 0 Å². The summed E-state index contributed by atoms with van der Waals surface area (Å²) in [6, 6.07) is 7.49. The number of carbonyl (C=O) groups is 1. The van der Waals surface area contributed by atoms with Crippen LogP contribution in [0.15, 0.2) is 24.3 Å². The molecule has 0 atom stereocenters. The molecule has 0 bridgehead atoms. The number of halogens is 1. The van der Waals surface area contributed by atoms with Crippen LogP contribution in [0.25, 0.3) is 0 Å². The molecule has 0 fully saturated rings. The van der Waals surface area contributed by atoms with Crippen LogP contribution in [0, 0.1) is 15.9 Å². The van der Waals surface area contributed by atoms with Gasteiger partial charge in [0.1, 0.15) is 0 Å². The molecule has 0 heterocycles. The van der Waals surface area contributed by atoms with Crippen LogP contribution in [-0.2, 0) is 0 Å². The lowest BCUT2D eigenvalue weighted by atomic mass is 10.2. The molecule has 0 aliphatic heterocycles. The zero-order chi connectivity index (χ0) is 11.1. The molecular formula is C12H12INO. The summed E-state index contributed by atoms with van der Waals surface area (Å²) < 4.78 is 1.06. The Kier molecular flexibility index (Phi) is 5.19.